The van der Waals surface area contributed by atoms with Gasteiger partial charge in [0.15, 0.2) is 0 Å². The van der Waals surface area contributed by atoms with Crippen molar-refractivity contribution in [3.63, 3.8) is 0 Å². The van der Waals surface area contributed by atoms with Crippen molar-refractivity contribution in [1.82, 2.24) is 19.2 Å². The van der Waals surface area contributed by atoms with Crippen LogP contribution in [0.25, 0.3) is 5.82 Å². The molecule has 3 heterocycles. The number of aliphatic hydroxyl groups is 1. The molecule has 1 fully saturated rings. The molecule has 1 N–H and O–H groups in total. The molecule has 0 aliphatic carbocycles. The minimum Gasteiger partial charge on any atom is -0.391 e. The Labute approximate surface area is 110 Å². The number of rotatable bonds is 2. The number of nitrogens with zero attached hydrogens (tertiary/aromatic N) is 4. The van der Waals surface area contributed by atoms with Gasteiger partial charge in [0.05, 0.1) is 12.3 Å². The first kappa shape index (κ1) is 12.0. The molecular weight excluding hydrogens is 244 g/mol. The predicted octanol–water partition coefficient (Wildman–Crippen LogP) is 0.418. The van der Waals surface area contributed by atoms with Crippen LogP contribution in [0.5, 0.6) is 0 Å². The SMILES string of the molecule is Cn1ncc(C(=O)N2CCC(O)C2)c1-n1cccc1. The van der Waals surface area contributed by atoms with Crippen LogP contribution in [0.4, 0.5) is 0 Å². The third-order valence-electron chi connectivity index (χ3n) is 3.44. The molecule has 1 unspecified atom stereocenters. The standard InChI is InChI=1S/C13H16N4O2/c1-15-12(16-5-2-3-6-16)11(8-14-15)13(19)17-7-4-10(18)9-17/h2-3,5-6,8,10,18H,4,7,9H2,1H3. The lowest BCUT2D eigenvalue weighted by molar-refractivity contribution is 0.0765. The zero-order valence-electron chi connectivity index (χ0n) is 10.7. The molecular formula is C13H16N4O2. The van der Waals surface area contributed by atoms with Gasteiger partial charge in [0.1, 0.15) is 11.4 Å². The summed E-state index contributed by atoms with van der Waals surface area (Å²) >= 11 is 0. The van der Waals surface area contributed by atoms with E-state index < -0.39 is 6.10 Å². The summed E-state index contributed by atoms with van der Waals surface area (Å²) in [5.74, 6) is 0.671. The third kappa shape index (κ3) is 2.04. The molecule has 2 aromatic rings. The molecule has 0 aromatic carbocycles. The molecule has 0 radical (unpaired) electrons. The first-order valence-electron chi connectivity index (χ1n) is 6.29. The lowest BCUT2D eigenvalue weighted by Gasteiger charge is -2.16. The van der Waals surface area contributed by atoms with Crippen LogP contribution in [0.3, 0.4) is 0 Å². The number of aliphatic hydroxyl groups excluding tert-OH is 1. The summed E-state index contributed by atoms with van der Waals surface area (Å²) in [5, 5.41) is 13.7. The maximum absolute atomic E-state index is 12.5. The molecule has 6 nitrogen and oxygen atoms in total. The number of likely N-dealkylation sites (tertiary alicyclic amines) is 1. The van der Waals surface area contributed by atoms with Crippen molar-refractivity contribution < 1.29 is 9.90 Å². The Kier molecular flexibility index (Phi) is 2.87. The largest absolute Gasteiger partial charge is 0.391 e. The van der Waals surface area contributed by atoms with E-state index in [0.717, 1.165) is 5.82 Å². The summed E-state index contributed by atoms with van der Waals surface area (Å²) in [4.78, 5) is 14.1. The molecule has 100 valence electrons. The van der Waals surface area contributed by atoms with Crippen LogP contribution in [0.15, 0.2) is 30.7 Å². The minimum atomic E-state index is -0.407. The highest BCUT2D eigenvalue weighted by atomic mass is 16.3. The van der Waals surface area contributed by atoms with E-state index in [1.165, 1.54) is 0 Å². The van der Waals surface area contributed by atoms with E-state index in [2.05, 4.69) is 5.10 Å². The van der Waals surface area contributed by atoms with Crippen molar-refractivity contribution in [2.45, 2.75) is 12.5 Å². The average molecular weight is 260 g/mol. The van der Waals surface area contributed by atoms with Crippen molar-refractivity contribution >= 4 is 5.91 Å². The van der Waals surface area contributed by atoms with Gasteiger partial charge in [0.2, 0.25) is 0 Å². The average Bonchev–Trinajstić information content (AvgIpc) is 3.08. The Hall–Kier alpha value is -2.08. The van der Waals surface area contributed by atoms with Crippen molar-refractivity contribution in [3.8, 4) is 5.82 Å². The quantitative estimate of drug-likeness (QED) is 0.851. The smallest absolute Gasteiger partial charge is 0.259 e. The minimum absolute atomic E-state index is 0.0756. The number of aryl methyl sites for hydroxylation is 1. The van der Waals surface area contributed by atoms with Gasteiger partial charge < -0.3 is 14.6 Å². The van der Waals surface area contributed by atoms with Crippen LogP contribution in [0.1, 0.15) is 16.8 Å². The molecule has 1 amide bonds. The Balaban J connectivity index is 1.95. The number of carbonyl (C=O) groups excluding carboxylic acids is 1. The second-order valence-corrected chi connectivity index (χ2v) is 4.79. The van der Waals surface area contributed by atoms with Gasteiger partial charge in [-0.15, -0.1) is 0 Å². The van der Waals surface area contributed by atoms with Crippen molar-refractivity contribution in [2.75, 3.05) is 13.1 Å². The first-order chi connectivity index (χ1) is 9.16. The van der Waals surface area contributed by atoms with E-state index in [9.17, 15) is 9.90 Å². The summed E-state index contributed by atoms with van der Waals surface area (Å²) < 4.78 is 3.55. The first-order valence-corrected chi connectivity index (χ1v) is 6.29. The molecule has 0 saturated carbocycles. The van der Waals surface area contributed by atoms with Gasteiger partial charge in [-0.1, -0.05) is 0 Å². The molecule has 0 bridgehead atoms. The monoisotopic (exact) mass is 260 g/mol. The maximum atomic E-state index is 12.5. The molecule has 2 aromatic heterocycles. The summed E-state index contributed by atoms with van der Waals surface area (Å²) in [6.45, 7) is 0.999. The predicted molar refractivity (Wildman–Crippen MR) is 69.1 cm³/mol. The number of aromatic nitrogens is 3. The second kappa shape index (κ2) is 4.55. The molecule has 6 heteroatoms. The lowest BCUT2D eigenvalue weighted by atomic mass is 10.3. The highest BCUT2D eigenvalue weighted by Gasteiger charge is 2.28. The zero-order valence-corrected chi connectivity index (χ0v) is 10.7. The molecule has 19 heavy (non-hydrogen) atoms. The fourth-order valence-electron chi connectivity index (χ4n) is 2.46. The Morgan fingerprint density at radius 3 is 2.79 bits per heavy atom. The lowest BCUT2D eigenvalue weighted by Crippen LogP contribution is -2.30. The van der Waals surface area contributed by atoms with Crippen LogP contribution >= 0.6 is 0 Å². The van der Waals surface area contributed by atoms with E-state index in [1.807, 2.05) is 36.1 Å². The molecule has 0 spiro atoms. The molecule has 1 saturated heterocycles. The van der Waals surface area contributed by atoms with E-state index in [0.29, 0.717) is 25.1 Å². The van der Waals surface area contributed by atoms with Crippen molar-refractivity contribution in [2.24, 2.45) is 7.05 Å². The van der Waals surface area contributed by atoms with Crippen LogP contribution < -0.4 is 0 Å². The number of amides is 1. The Morgan fingerprint density at radius 1 is 1.42 bits per heavy atom. The molecule has 3 rings (SSSR count). The number of hydrogen-bond acceptors (Lipinski definition) is 3. The second-order valence-electron chi connectivity index (χ2n) is 4.79. The Bertz CT molecular complexity index is 588. The fraction of sp³-hybridized carbons (Fsp3) is 0.385. The topological polar surface area (TPSA) is 63.3 Å². The van der Waals surface area contributed by atoms with E-state index in [1.54, 1.807) is 15.8 Å². The third-order valence-corrected chi connectivity index (χ3v) is 3.44. The van der Waals surface area contributed by atoms with E-state index in [4.69, 9.17) is 0 Å². The maximum Gasteiger partial charge on any atom is 0.259 e. The van der Waals surface area contributed by atoms with E-state index >= 15 is 0 Å². The number of carbonyl (C=O) groups is 1. The van der Waals surface area contributed by atoms with Crippen molar-refractivity contribution in [1.29, 1.82) is 0 Å². The zero-order chi connectivity index (χ0) is 13.4. The molecule has 1 aliphatic rings. The van der Waals surface area contributed by atoms with Gasteiger partial charge in [-0.2, -0.15) is 5.10 Å². The molecule has 1 aliphatic heterocycles. The van der Waals surface area contributed by atoms with Crippen LogP contribution in [-0.4, -0.2) is 49.5 Å². The normalized spacial score (nSPS) is 19.1. The van der Waals surface area contributed by atoms with Gasteiger partial charge >= 0.3 is 0 Å². The van der Waals surface area contributed by atoms with Gasteiger partial charge in [0, 0.05) is 32.5 Å². The van der Waals surface area contributed by atoms with Gasteiger partial charge in [-0.25, -0.2) is 0 Å². The van der Waals surface area contributed by atoms with Gasteiger partial charge in [0.25, 0.3) is 5.91 Å². The summed E-state index contributed by atoms with van der Waals surface area (Å²) in [5.41, 5.74) is 0.563. The van der Waals surface area contributed by atoms with Gasteiger partial charge in [-0.05, 0) is 18.6 Å². The fourth-order valence-corrected chi connectivity index (χ4v) is 2.46. The molecule has 1 atom stereocenters. The van der Waals surface area contributed by atoms with Crippen molar-refractivity contribution in [3.05, 3.63) is 36.3 Å². The van der Waals surface area contributed by atoms with Gasteiger partial charge in [-0.3, -0.25) is 9.48 Å². The number of β-amino-alcohol motifs (C(OH)–C–C–N with tert-alkyl or cyclic N) is 1. The Morgan fingerprint density at radius 2 is 2.16 bits per heavy atom. The summed E-state index contributed by atoms with van der Waals surface area (Å²) in [6, 6.07) is 3.81. The highest BCUT2D eigenvalue weighted by molar-refractivity contribution is 5.97. The highest BCUT2D eigenvalue weighted by Crippen LogP contribution is 2.19. The summed E-state index contributed by atoms with van der Waals surface area (Å²) in [7, 11) is 1.81. The van der Waals surface area contributed by atoms with Crippen LogP contribution in [0.2, 0.25) is 0 Å². The summed E-state index contributed by atoms with van der Waals surface area (Å²) in [6.07, 6.45) is 5.59. The van der Waals surface area contributed by atoms with E-state index in [-0.39, 0.29) is 5.91 Å². The number of hydrogen-bond donors (Lipinski definition) is 1. The van der Waals surface area contributed by atoms with Crippen LogP contribution in [0, 0.1) is 0 Å². The van der Waals surface area contributed by atoms with Crippen LogP contribution in [-0.2, 0) is 7.05 Å².